The fourth-order valence-corrected chi connectivity index (χ4v) is 2.92. The fraction of sp³-hybridized carbons (Fsp3) is 0.294. The zero-order chi connectivity index (χ0) is 17.4. The van der Waals surface area contributed by atoms with E-state index < -0.39 is 12.3 Å². The van der Waals surface area contributed by atoms with Crippen LogP contribution in [-0.4, -0.2) is 46.2 Å². The van der Waals surface area contributed by atoms with Gasteiger partial charge in [0.25, 0.3) is 5.91 Å². The molecule has 126 valence electrons. The van der Waals surface area contributed by atoms with Gasteiger partial charge in [-0.2, -0.15) is 0 Å². The smallest absolute Gasteiger partial charge is 0.260 e. The van der Waals surface area contributed by atoms with E-state index in [1.807, 2.05) is 0 Å². The minimum Gasteiger partial charge on any atom is -0.505 e. The molecule has 2 atom stereocenters. The summed E-state index contributed by atoms with van der Waals surface area (Å²) in [5, 5.41) is 25.9. The number of phenolic OH excluding ortho intramolecular Hbond substituents is 1. The van der Waals surface area contributed by atoms with Crippen LogP contribution in [0.5, 0.6) is 5.75 Å². The average molecular weight is 329 g/mol. The van der Waals surface area contributed by atoms with E-state index in [1.165, 1.54) is 18.0 Å². The van der Waals surface area contributed by atoms with E-state index >= 15 is 0 Å². The predicted molar refractivity (Wildman–Crippen MR) is 88.3 cm³/mol. The minimum absolute atomic E-state index is 0.0372. The average Bonchev–Trinajstić information content (AvgIpc) is 2.97. The molecule has 3 rings (SSSR count). The number of nitrogens with zero attached hydrogens (tertiary/aromatic N) is 1. The van der Waals surface area contributed by atoms with E-state index in [4.69, 9.17) is 0 Å². The largest absolute Gasteiger partial charge is 0.505 e. The Bertz CT molecular complexity index is 769. The molecule has 2 aliphatic rings. The molecule has 2 heterocycles. The fourth-order valence-electron chi connectivity index (χ4n) is 2.92. The highest BCUT2D eigenvalue weighted by molar-refractivity contribution is 6.03. The second kappa shape index (κ2) is 6.01. The lowest BCUT2D eigenvalue weighted by Crippen LogP contribution is -2.42. The van der Waals surface area contributed by atoms with Gasteiger partial charge in [-0.25, -0.2) is 0 Å². The van der Waals surface area contributed by atoms with Crippen LogP contribution in [0, 0.1) is 6.92 Å². The number of allylic oxidation sites excluding steroid dienone is 1. The Labute approximate surface area is 139 Å². The van der Waals surface area contributed by atoms with Crippen molar-refractivity contribution in [3.63, 3.8) is 0 Å². The molecule has 1 aromatic rings. The number of aliphatic hydroxyl groups is 1. The predicted octanol–water partition coefficient (Wildman–Crippen LogP) is 0.845. The molecule has 0 aromatic heterocycles. The van der Waals surface area contributed by atoms with Crippen molar-refractivity contribution in [1.82, 2.24) is 10.2 Å². The van der Waals surface area contributed by atoms with Crippen LogP contribution in [0.2, 0.25) is 0 Å². The molecular formula is C17H19N3O4. The van der Waals surface area contributed by atoms with E-state index in [-0.39, 0.29) is 23.3 Å². The number of benzene rings is 1. The Morgan fingerprint density at radius 2 is 2.21 bits per heavy atom. The molecule has 7 nitrogen and oxygen atoms in total. The van der Waals surface area contributed by atoms with Gasteiger partial charge in [0, 0.05) is 19.3 Å². The van der Waals surface area contributed by atoms with E-state index in [9.17, 15) is 19.8 Å². The highest BCUT2D eigenvalue weighted by Gasteiger charge is 2.39. The van der Waals surface area contributed by atoms with Gasteiger partial charge in [-0.3, -0.25) is 9.59 Å². The Morgan fingerprint density at radius 3 is 2.92 bits per heavy atom. The summed E-state index contributed by atoms with van der Waals surface area (Å²) in [5.74, 6) is -0.587. The third kappa shape index (κ3) is 2.63. The van der Waals surface area contributed by atoms with Crippen molar-refractivity contribution in [3.05, 3.63) is 47.2 Å². The van der Waals surface area contributed by atoms with Crippen molar-refractivity contribution < 1.29 is 19.8 Å². The lowest BCUT2D eigenvalue weighted by atomic mass is 10.1. The molecule has 2 unspecified atom stereocenters. The van der Waals surface area contributed by atoms with Crippen LogP contribution in [0.3, 0.4) is 0 Å². The first-order chi connectivity index (χ1) is 11.4. The van der Waals surface area contributed by atoms with Crippen LogP contribution in [0.4, 0.5) is 5.69 Å². The third-order valence-corrected chi connectivity index (χ3v) is 4.30. The van der Waals surface area contributed by atoms with E-state index in [2.05, 4.69) is 10.6 Å². The lowest BCUT2D eigenvalue weighted by Gasteiger charge is -2.24. The van der Waals surface area contributed by atoms with Gasteiger partial charge in [0.15, 0.2) is 0 Å². The van der Waals surface area contributed by atoms with E-state index in [0.29, 0.717) is 17.5 Å². The summed E-state index contributed by atoms with van der Waals surface area (Å²) in [7, 11) is 1.53. The zero-order valence-electron chi connectivity index (χ0n) is 13.4. The van der Waals surface area contributed by atoms with Crippen molar-refractivity contribution in [2.45, 2.75) is 25.6 Å². The van der Waals surface area contributed by atoms with Crippen molar-refractivity contribution in [2.24, 2.45) is 0 Å². The van der Waals surface area contributed by atoms with Crippen LogP contribution in [0.15, 0.2) is 36.1 Å². The molecule has 1 aromatic carbocycles. The Morgan fingerprint density at radius 1 is 1.46 bits per heavy atom. The molecule has 4 N–H and O–H groups in total. The maximum absolute atomic E-state index is 12.8. The summed E-state index contributed by atoms with van der Waals surface area (Å²) in [4.78, 5) is 25.5. The van der Waals surface area contributed by atoms with Gasteiger partial charge in [0.1, 0.15) is 12.0 Å². The van der Waals surface area contributed by atoms with Gasteiger partial charge in [0.05, 0.1) is 17.3 Å². The SMILES string of the molecule is CNC(=O)/C=C/C1=CN2C(=O)c3ccc(C)c(O)c3NC(O)C2C1. The third-order valence-electron chi connectivity index (χ3n) is 4.30. The molecule has 0 aliphatic carbocycles. The molecule has 7 heteroatoms. The van der Waals surface area contributed by atoms with Crippen molar-refractivity contribution in [3.8, 4) is 5.75 Å². The molecular weight excluding hydrogens is 310 g/mol. The number of hydrogen-bond donors (Lipinski definition) is 4. The first kappa shape index (κ1) is 16.1. The molecule has 0 saturated carbocycles. The summed E-state index contributed by atoms with van der Waals surface area (Å²) in [6.07, 6.45) is 4.00. The van der Waals surface area contributed by atoms with Crippen LogP contribution in [0.1, 0.15) is 22.3 Å². The molecule has 0 radical (unpaired) electrons. The number of anilines is 1. The number of rotatable bonds is 2. The van der Waals surface area contributed by atoms with Crippen molar-refractivity contribution in [1.29, 1.82) is 0 Å². The number of phenols is 1. The maximum atomic E-state index is 12.8. The number of fused-ring (bicyclic) bond motifs is 2. The molecule has 0 spiro atoms. The van der Waals surface area contributed by atoms with Crippen molar-refractivity contribution >= 4 is 17.5 Å². The number of aliphatic hydroxyl groups excluding tert-OH is 1. The topological polar surface area (TPSA) is 102 Å². The van der Waals surface area contributed by atoms with Gasteiger partial charge < -0.3 is 25.7 Å². The number of amides is 2. The minimum atomic E-state index is -1.04. The van der Waals surface area contributed by atoms with Crippen LogP contribution in [-0.2, 0) is 4.79 Å². The number of carbonyl (C=O) groups is 2. The highest BCUT2D eigenvalue weighted by atomic mass is 16.3. The number of carbonyl (C=O) groups excluding carboxylic acids is 2. The number of nitrogens with one attached hydrogen (secondary N) is 2. The van der Waals surface area contributed by atoms with Gasteiger partial charge in [-0.05, 0) is 30.5 Å². The molecule has 0 bridgehead atoms. The maximum Gasteiger partial charge on any atom is 0.260 e. The van der Waals surface area contributed by atoms with Crippen LogP contribution >= 0.6 is 0 Å². The molecule has 2 amide bonds. The van der Waals surface area contributed by atoms with Gasteiger partial charge in [-0.1, -0.05) is 12.1 Å². The Balaban J connectivity index is 1.96. The molecule has 0 fully saturated rings. The lowest BCUT2D eigenvalue weighted by molar-refractivity contribution is -0.116. The zero-order valence-corrected chi connectivity index (χ0v) is 13.4. The molecule has 0 saturated heterocycles. The number of aryl methyl sites for hydroxylation is 1. The molecule has 24 heavy (non-hydrogen) atoms. The highest BCUT2D eigenvalue weighted by Crippen LogP contribution is 2.38. The monoisotopic (exact) mass is 329 g/mol. The first-order valence-electron chi connectivity index (χ1n) is 7.62. The normalized spacial score (nSPS) is 22.5. The summed E-state index contributed by atoms with van der Waals surface area (Å²) in [5.41, 5.74) is 1.93. The summed E-state index contributed by atoms with van der Waals surface area (Å²) < 4.78 is 0. The van der Waals surface area contributed by atoms with Crippen molar-refractivity contribution in [2.75, 3.05) is 12.4 Å². The van der Waals surface area contributed by atoms with Gasteiger partial charge >= 0.3 is 0 Å². The van der Waals surface area contributed by atoms with Gasteiger partial charge in [0.2, 0.25) is 5.91 Å². The number of aromatic hydroxyl groups is 1. The summed E-state index contributed by atoms with van der Waals surface area (Å²) in [6.45, 7) is 1.72. The second-order valence-corrected chi connectivity index (χ2v) is 5.88. The van der Waals surface area contributed by atoms with Gasteiger partial charge in [-0.15, -0.1) is 0 Å². The van der Waals surface area contributed by atoms with Crippen LogP contribution in [0.25, 0.3) is 0 Å². The standard InChI is InChI=1S/C17H19N3O4/c1-9-3-5-11-14(15(9)22)19-16(23)12-7-10(4-6-13(21)18-2)8-20(12)17(11)24/h3-6,8,12,16,19,22-23H,7H2,1-2H3,(H,18,21)/b6-4+. The van der Waals surface area contributed by atoms with E-state index in [1.54, 1.807) is 31.3 Å². The number of likely N-dealkylation sites (N-methyl/N-ethyl adjacent to an activating group) is 1. The first-order valence-corrected chi connectivity index (χ1v) is 7.62. The molecule has 2 aliphatic heterocycles. The second-order valence-electron chi connectivity index (χ2n) is 5.88. The summed E-state index contributed by atoms with van der Waals surface area (Å²) in [6, 6.07) is 2.78. The quantitative estimate of drug-likeness (QED) is 0.476. The summed E-state index contributed by atoms with van der Waals surface area (Å²) >= 11 is 0. The van der Waals surface area contributed by atoms with E-state index in [0.717, 1.165) is 5.57 Å². The number of hydrogen-bond acceptors (Lipinski definition) is 5. The Kier molecular flexibility index (Phi) is 4.02. The van der Waals surface area contributed by atoms with Crippen LogP contribution < -0.4 is 10.6 Å². The Hall–Kier alpha value is -2.80.